The number of hydrazine groups is 1. The third-order valence-corrected chi connectivity index (χ3v) is 2.95. The van der Waals surface area contributed by atoms with Crippen LogP contribution >= 0.6 is 12.2 Å². The number of carbonyl (C=O) groups excluding carboxylic acids is 2. The molecule has 1 aromatic heterocycles. The fraction of sp³-hybridized carbons (Fsp3) is 0. The summed E-state index contributed by atoms with van der Waals surface area (Å²) in [6.07, 6.45) is 5.68. The fourth-order valence-corrected chi connectivity index (χ4v) is 1.77. The lowest BCUT2D eigenvalue weighted by Gasteiger charge is -2.09. The molecular formula is C16H13FN4O2S. The Morgan fingerprint density at radius 3 is 2.54 bits per heavy atom. The highest BCUT2D eigenvalue weighted by atomic mass is 32.1. The van der Waals surface area contributed by atoms with Gasteiger partial charge < -0.3 is 0 Å². The van der Waals surface area contributed by atoms with E-state index >= 15 is 0 Å². The van der Waals surface area contributed by atoms with E-state index in [1.807, 2.05) is 0 Å². The van der Waals surface area contributed by atoms with E-state index in [1.54, 1.807) is 18.3 Å². The Morgan fingerprint density at radius 2 is 1.88 bits per heavy atom. The topological polar surface area (TPSA) is 83.1 Å². The van der Waals surface area contributed by atoms with Crippen LogP contribution in [-0.4, -0.2) is 21.9 Å². The summed E-state index contributed by atoms with van der Waals surface area (Å²) in [6.45, 7) is 0. The van der Waals surface area contributed by atoms with Gasteiger partial charge in [0.2, 0.25) is 5.91 Å². The predicted molar refractivity (Wildman–Crippen MR) is 91.0 cm³/mol. The Labute approximate surface area is 142 Å². The first-order valence-corrected chi connectivity index (χ1v) is 7.20. The van der Waals surface area contributed by atoms with Crippen molar-refractivity contribution in [2.75, 3.05) is 0 Å². The van der Waals surface area contributed by atoms with Crippen LogP contribution in [0.3, 0.4) is 0 Å². The monoisotopic (exact) mass is 344 g/mol. The number of halogens is 1. The summed E-state index contributed by atoms with van der Waals surface area (Å²) in [5.41, 5.74) is 5.74. The van der Waals surface area contributed by atoms with Gasteiger partial charge in [-0.25, -0.2) is 4.39 Å². The maximum absolute atomic E-state index is 12.8. The van der Waals surface area contributed by atoms with Crippen molar-refractivity contribution >= 4 is 35.2 Å². The predicted octanol–water partition coefficient (Wildman–Crippen LogP) is 1.57. The molecule has 0 aliphatic rings. The molecular weight excluding hydrogens is 331 g/mol. The molecule has 2 amide bonds. The lowest BCUT2D eigenvalue weighted by Crippen LogP contribution is -2.48. The number of aromatic nitrogens is 1. The van der Waals surface area contributed by atoms with E-state index in [0.29, 0.717) is 11.1 Å². The van der Waals surface area contributed by atoms with E-state index in [9.17, 15) is 14.0 Å². The van der Waals surface area contributed by atoms with E-state index < -0.39 is 11.8 Å². The molecule has 3 N–H and O–H groups in total. The summed E-state index contributed by atoms with van der Waals surface area (Å²) in [4.78, 5) is 27.2. The molecule has 0 aliphatic carbocycles. The highest BCUT2D eigenvalue weighted by Gasteiger charge is 2.06. The van der Waals surface area contributed by atoms with Crippen LogP contribution < -0.4 is 16.2 Å². The van der Waals surface area contributed by atoms with Gasteiger partial charge in [-0.2, -0.15) is 0 Å². The molecule has 8 heteroatoms. The summed E-state index contributed by atoms with van der Waals surface area (Å²) in [7, 11) is 0. The van der Waals surface area contributed by atoms with Crippen molar-refractivity contribution in [2.45, 2.75) is 0 Å². The van der Waals surface area contributed by atoms with Crippen molar-refractivity contribution in [1.82, 2.24) is 21.2 Å². The highest BCUT2D eigenvalue weighted by molar-refractivity contribution is 7.80. The first kappa shape index (κ1) is 17.2. The van der Waals surface area contributed by atoms with Crippen LogP contribution in [0.4, 0.5) is 4.39 Å². The number of nitrogens with zero attached hydrogens (tertiary/aromatic N) is 1. The lowest BCUT2D eigenvalue weighted by molar-refractivity contribution is -0.115. The summed E-state index contributed by atoms with van der Waals surface area (Å²) in [5, 5.41) is 2.29. The molecule has 1 heterocycles. The van der Waals surface area contributed by atoms with Gasteiger partial charge in [-0.05, 0) is 48.1 Å². The van der Waals surface area contributed by atoms with E-state index in [0.717, 1.165) is 0 Å². The summed E-state index contributed by atoms with van der Waals surface area (Å²) < 4.78 is 12.8. The number of hydrogen-bond acceptors (Lipinski definition) is 4. The summed E-state index contributed by atoms with van der Waals surface area (Å²) >= 11 is 4.89. The molecule has 2 aromatic rings. The van der Waals surface area contributed by atoms with Gasteiger partial charge in [0.05, 0.1) is 5.56 Å². The third kappa shape index (κ3) is 5.58. The van der Waals surface area contributed by atoms with Crippen molar-refractivity contribution in [3.8, 4) is 0 Å². The Bertz CT molecular complexity index is 763. The molecule has 0 bridgehead atoms. The van der Waals surface area contributed by atoms with Gasteiger partial charge in [-0.1, -0.05) is 12.1 Å². The quantitative estimate of drug-likeness (QED) is 0.447. The van der Waals surface area contributed by atoms with E-state index in [-0.39, 0.29) is 10.9 Å². The van der Waals surface area contributed by atoms with Crippen LogP contribution in [0.5, 0.6) is 0 Å². The molecule has 0 saturated heterocycles. The molecule has 24 heavy (non-hydrogen) atoms. The van der Waals surface area contributed by atoms with Gasteiger partial charge in [0, 0.05) is 18.5 Å². The van der Waals surface area contributed by atoms with Gasteiger partial charge in [-0.3, -0.25) is 30.7 Å². The summed E-state index contributed by atoms with van der Waals surface area (Å²) in [6, 6.07) is 8.84. The molecule has 2 rings (SSSR count). The minimum absolute atomic E-state index is 0.0685. The lowest BCUT2D eigenvalue weighted by atomic mass is 10.2. The standard InChI is InChI=1S/C16H13FN4O2S/c17-13-6-3-11(4-7-13)5-8-14(22)19-16(24)21-20-15(23)12-2-1-9-18-10-12/h1-10H,(H,20,23)(H2,19,21,22,24)/b8-5+. The van der Waals surface area contributed by atoms with Crippen LogP contribution in [0, 0.1) is 5.82 Å². The third-order valence-electron chi connectivity index (χ3n) is 2.75. The Morgan fingerprint density at radius 1 is 1.12 bits per heavy atom. The second kappa shape index (κ2) is 8.49. The maximum atomic E-state index is 12.8. The fourth-order valence-electron chi connectivity index (χ4n) is 1.61. The number of rotatable bonds is 3. The number of carbonyl (C=O) groups is 2. The first-order valence-electron chi connectivity index (χ1n) is 6.79. The molecule has 0 atom stereocenters. The second-order valence-electron chi connectivity index (χ2n) is 4.52. The Kier molecular flexibility index (Phi) is 6.09. The number of thiocarbonyl (C=S) groups is 1. The molecule has 1 aromatic carbocycles. The molecule has 6 nitrogen and oxygen atoms in total. The minimum atomic E-state index is -0.493. The number of benzene rings is 1. The van der Waals surface area contributed by atoms with E-state index in [2.05, 4.69) is 21.2 Å². The number of hydrogen-bond donors (Lipinski definition) is 3. The van der Waals surface area contributed by atoms with Gasteiger partial charge in [0.15, 0.2) is 5.11 Å². The number of amides is 2. The maximum Gasteiger partial charge on any atom is 0.271 e. The largest absolute Gasteiger partial charge is 0.298 e. The molecule has 122 valence electrons. The van der Waals surface area contributed by atoms with Gasteiger partial charge >= 0.3 is 0 Å². The normalized spacial score (nSPS) is 10.2. The van der Waals surface area contributed by atoms with Gasteiger partial charge in [0.1, 0.15) is 5.82 Å². The Balaban J connectivity index is 1.78. The number of pyridine rings is 1. The molecule has 0 aliphatic heterocycles. The second-order valence-corrected chi connectivity index (χ2v) is 4.93. The molecule has 0 radical (unpaired) electrons. The average molecular weight is 344 g/mol. The van der Waals surface area contributed by atoms with Gasteiger partial charge in [0.25, 0.3) is 5.91 Å². The smallest absolute Gasteiger partial charge is 0.271 e. The zero-order valence-corrected chi connectivity index (χ0v) is 13.1. The Hall–Kier alpha value is -3.13. The number of nitrogens with one attached hydrogen (secondary N) is 3. The zero-order chi connectivity index (χ0) is 17.4. The first-order chi connectivity index (χ1) is 11.5. The molecule has 0 spiro atoms. The molecule has 0 fully saturated rings. The van der Waals surface area contributed by atoms with Crippen molar-refractivity contribution < 1.29 is 14.0 Å². The average Bonchev–Trinajstić information content (AvgIpc) is 2.60. The van der Waals surface area contributed by atoms with Crippen molar-refractivity contribution in [3.63, 3.8) is 0 Å². The zero-order valence-electron chi connectivity index (χ0n) is 12.3. The highest BCUT2D eigenvalue weighted by Crippen LogP contribution is 2.04. The van der Waals surface area contributed by atoms with Crippen LogP contribution in [0.2, 0.25) is 0 Å². The van der Waals surface area contributed by atoms with Crippen LogP contribution in [0.15, 0.2) is 54.9 Å². The van der Waals surface area contributed by atoms with Crippen LogP contribution in [-0.2, 0) is 4.79 Å². The van der Waals surface area contributed by atoms with Crippen molar-refractivity contribution in [2.24, 2.45) is 0 Å². The van der Waals surface area contributed by atoms with Crippen LogP contribution in [0.25, 0.3) is 6.08 Å². The molecule has 0 unspecified atom stereocenters. The van der Waals surface area contributed by atoms with E-state index in [4.69, 9.17) is 12.2 Å². The molecule has 0 saturated carbocycles. The minimum Gasteiger partial charge on any atom is -0.298 e. The van der Waals surface area contributed by atoms with Crippen LogP contribution in [0.1, 0.15) is 15.9 Å². The van der Waals surface area contributed by atoms with Gasteiger partial charge in [-0.15, -0.1) is 0 Å². The SMILES string of the molecule is O=C(/C=C/c1ccc(F)cc1)NC(=S)NNC(=O)c1cccnc1. The van der Waals surface area contributed by atoms with Crippen molar-refractivity contribution in [3.05, 3.63) is 71.8 Å². The van der Waals surface area contributed by atoms with E-state index in [1.165, 1.54) is 42.6 Å². The van der Waals surface area contributed by atoms with Crippen molar-refractivity contribution in [1.29, 1.82) is 0 Å². The summed E-state index contributed by atoms with van der Waals surface area (Å²) in [5.74, 6) is -1.29.